The van der Waals surface area contributed by atoms with E-state index in [2.05, 4.69) is 59.5 Å². The van der Waals surface area contributed by atoms with Crippen LogP contribution in [0.5, 0.6) is 0 Å². The average Bonchev–Trinajstić information content (AvgIpc) is 3.44. The van der Waals surface area contributed by atoms with Gasteiger partial charge >= 0.3 is 0 Å². The molecule has 30 heavy (non-hydrogen) atoms. The molecule has 3 aromatic rings. The van der Waals surface area contributed by atoms with Crippen LogP contribution in [-0.2, 0) is 16.0 Å². The summed E-state index contributed by atoms with van der Waals surface area (Å²) in [5, 5.41) is 3.01. The third kappa shape index (κ3) is 4.79. The minimum atomic E-state index is 0.0592. The molecule has 1 saturated heterocycles. The Morgan fingerprint density at radius 1 is 1.23 bits per heavy atom. The summed E-state index contributed by atoms with van der Waals surface area (Å²) in [6.07, 6.45) is 6.01. The first-order chi connectivity index (χ1) is 14.6. The molecule has 2 heterocycles. The van der Waals surface area contributed by atoms with Crippen molar-refractivity contribution in [3.8, 4) is 0 Å². The molecule has 0 saturated carbocycles. The molecule has 2 atom stereocenters. The quantitative estimate of drug-likeness (QED) is 0.597. The summed E-state index contributed by atoms with van der Waals surface area (Å²) in [6.45, 7) is 5.80. The van der Waals surface area contributed by atoms with Gasteiger partial charge in [0.2, 0.25) is 5.91 Å². The van der Waals surface area contributed by atoms with E-state index in [9.17, 15) is 4.79 Å². The van der Waals surface area contributed by atoms with Crippen molar-refractivity contribution < 1.29 is 9.53 Å². The van der Waals surface area contributed by atoms with Crippen molar-refractivity contribution in [3.63, 3.8) is 0 Å². The van der Waals surface area contributed by atoms with E-state index in [-0.39, 0.29) is 11.8 Å². The van der Waals surface area contributed by atoms with E-state index in [0.717, 1.165) is 30.8 Å². The van der Waals surface area contributed by atoms with Crippen LogP contribution in [0.1, 0.15) is 46.7 Å². The number of carbonyl (C=O) groups is 1. The number of nitrogens with one attached hydrogen (secondary N) is 2. The number of imidazole rings is 1. The molecule has 2 N–H and O–H groups in total. The van der Waals surface area contributed by atoms with Crippen molar-refractivity contribution in [1.82, 2.24) is 9.97 Å². The first kappa shape index (κ1) is 20.4. The number of H-pyrrole nitrogens is 1. The Labute approximate surface area is 177 Å². The number of hydrogen-bond acceptors (Lipinski definition) is 3. The van der Waals surface area contributed by atoms with Crippen molar-refractivity contribution in [3.05, 3.63) is 82.9 Å². The van der Waals surface area contributed by atoms with Gasteiger partial charge in [-0.1, -0.05) is 30.3 Å². The molecule has 5 nitrogen and oxygen atoms in total. The minimum Gasteiger partial charge on any atom is -0.381 e. The normalized spacial score (nSPS) is 17.1. The predicted molar refractivity (Wildman–Crippen MR) is 119 cm³/mol. The average molecular weight is 404 g/mol. The molecule has 1 fully saturated rings. The number of rotatable bonds is 7. The summed E-state index contributed by atoms with van der Waals surface area (Å²) >= 11 is 0. The standard InChI is InChI=1S/C25H29N3O2/c1-17-4-3-5-22(18(17)2)23(24-14-26-16-27-24)12-19-6-8-21(9-7-19)28-25(29)13-20-10-11-30-15-20/h3-9,14,16,20,23H,10-13,15H2,1-2H3,(H,26,27)(H,28,29). The first-order valence-corrected chi connectivity index (χ1v) is 10.6. The summed E-state index contributed by atoms with van der Waals surface area (Å²) < 4.78 is 5.36. The number of hydrogen-bond donors (Lipinski definition) is 2. The first-order valence-electron chi connectivity index (χ1n) is 10.6. The van der Waals surface area contributed by atoms with Gasteiger partial charge in [-0.2, -0.15) is 0 Å². The second kappa shape index (κ2) is 9.26. The van der Waals surface area contributed by atoms with Crippen molar-refractivity contribution in [2.45, 2.75) is 39.0 Å². The van der Waals surface area contributed by atoms with Crippen LogP contribution >= 0.6 is 0 Å². The Morgan fingerprint density at radius 2 is 2.07 bits per heavy atom. The van der Waals surface area contributed by atoms with Gasteiger partial charge in [-0.25, -0.2) is 4.98 Å². The van der Waals surface area contributed by atoms with Crippen LogP contribution in [0, 0.1) is 19.8 Å². The van der Waals surface area contributed by atoms with Gasteiger partial charge in [0.25, 0.3) is 0 Å². The largest absolute Gasteiger partial charge is 0.381 e. The SMILES string of the molecule is Cc1cccc(C(Cc2ccc(NC(=O)CC3CCOC3)cc2)c2cnc[nH]2)c1C. The van der Waals surface area contributed by atoms with Gasteiger partial charge in [0.1, 0.15) is 0 Å². The van der Waals surface area contributed by atoms with Gasteiger partial charge in [-0.3, -0.25) is 4.79 Å². The molecule has 1 amide bonds. The van der Waals surface area contributed by atoms with Gasteiger partial charge in [0, 0.05) is 43.1 Å². The molecule has 5 heteroatoms. The smallest absolute Gasteiger partial charge is 0.224 e. The highest BCUT2D eigenvalue weighted by molar-refractivity contribution is 5.90. The third-order valence-corrected chi connectivity index (χ3v) is 6.09. The van der Waals surface area contributed by atoms with E-state index in [1.165, 1.54) is 22.3 Å². The Balaban J connectivity index is 1.47. The van der Waals surface area contributed by atoms with Crippen molar-refractivity contribution in [1.29, 1.82) is 0 Å². The number of aromatic amines is 1. The molecule has 2 unspecified atom stereocenters. The fourth-order valence-electron chi connectivity index (χ4n) is 4.17. The van der Waals surface area contributed by atoms with Crippen LogP contribution in [0.25, 0.3) is 0 Å². The van der Waals surface area contributed by atoms with Crippen LogP contribution in [0.2, 0.25) is 0 Å². The lowest BCUT2D eigenvalue weighted by Gasteiger charge is -2.20. The maximum atomic E-state index is 12.3. The summed E-state index contributed by atoms with van der Waals surface area (Å²) in [6, 6.07) is 14.7. The minimum absolute atomic E-state index is 0.0592. The van der Waals surface area contributed by atoms with E-state index in [1.54, 1.807) is 6.33 Å². The molecule has 2 aromatic carbocycles. The van der Waals surface area contributed by atoms with Crippen LogP contribution < -0.4 is 5.32 Å². The van der Waals surface area contributed by atoms with E-state index in [0.29, 0.717) is 18.9 Å². The molecule has 4 rings (SSSR count). The number of aryl methyl sites for hydroxylation is 1. The van der Waals surface area contributed by atoms with Crippen LogP contribution in [0.4, 0.5) is 5.69 Å². The zero-order valence-electron chi connectivity index (χ0n) is 17.7. The third-order valence-electron chi connectivity index (χ3n) is 6.09. The predicted octanol–water partition coefficient (Wildman–Crippen LogP) is 4.77. The molecule has 156 valence electrons. The number of ether oxygens (including phenoxy) is 1. The van der Waals surface area contributed by atoms with Crippen molar-refractivity contribution >= 4 is 11.6 Å². The Hall–Kier alpha value is -2.92. The monoisotopic (exact) mass is 403 g/mol. The molecular weight excluding hydrogens is 374 g/mol. The summed E-state index contributed by atoms with van der Waals surface area (Å²) in [4.78, 5) is 19.8. The number of nitrogens with zero attached hydrogens (tertiary/aromatic N) is 1. The van der Waals surface area contributed by atoms with Crippen molar-refractivity contribution in [2.24, 2.45) is 5.92 Å². The molecule has 0 radical (unpaired) electrons. The second-order valence-corrected chi connectivity index (χ2v) is 8.23. The van der Waals surface area contributed by atoms with Gasteiger partial charge in [-0.15, -0.1) is 0 Å². The van der Waals surface area contributed by atoms with Gasteiger partial charge in [0.15, 0.2) is 0 Å². The maximum Gasteiger partial charge on any atom is 0.224 e. The topological polar surface area (TPSA) is 67.0 Å². The maximum absolute atomic E-state index is 12.3. The number of aromatic nitrogens is 2. The second-order valence-electron chi connectivity index (χ2n) is 8.23. The Bertz CT molecular complexity index is 974. The van der Waals surface area contributed by atoms with Crippen molar-refractivity contribution in [2.75, 3.05) is 18.5 Å². The Morgan fingerprint density at radius 3 is 2.77 bits per heavy atom. The zero-order valence-corrected chi connectivity index (χ0v) is 17.7. The van der Waals surface area contributed by atoms with E-state index < -0.39 is 0 Å². The van der Waals surface area contributed by atoms with Gasteiger partial charge in [0.05, 0.1) is 6.33 Å². The van der Waals surface area contributed by atoms with Crippen LogP contribution in [0.15, 0.2) is 55.0 Å². The van der Waals surface area contributed by atoms with Gasteiger partial charge < -0.3 is 15.0 Å². The van der Waals surface area contributed by atoms with Gasteiger partial charge in [-0.05, 0) is 67.0 Å². The number of benzene rings is 2. The summed E-state index contributed by atoms with van der Waals surface area (Å²) in [5.41, 5.74) is 7.10. The fraction of sp³-hybridized carbons (Fsp3) is 0.360. The molecular formula is C25H29N3O2. The zero-order chi connectivity index (χ0) is 20.9. The molecule has 1 aromatic heterocycles. The highest BCUT2D eigenvalue weighted by Gasteiger charge is 2.20. The van der Waals surface area contributed by atoms with Crippen LogP contribution in [0.3, 0.4) is 0 Å². The molecule has 1 aliphatic heterocycles. The molecule has 0 spiro atoms. The lowest BCUT2D eigenvalue weighted by Crippen LogP contribution is -2.16. The number of anilines is 1. The Kier molecular flexibility index (Phi) is 6.29. The lowest BCUT2D eigenvalue weighted by molar-refractivity contribution is -0.117. The van der Waals surface area contributed by atoms with E-state index in [1.807, 2.05) is 18.3 Å². The molecule has 0 bridgehead atoms. The number of amides is 1. The summed E-state index contributed by atoms with van der Waals surface area (Å²) in [7, 11) is 0. The van der Waals surface area contributed by atoms with E-state index >= 15 is 0 Å². The fourth-order valence-corrected chi connectivity index (χ4v) is 4.17. The molecule has 0 aliphatic carbocycles. The molecule has 1 aliphatic rings. The van der Waals surface area contributed by atoms with E-state index in [4.69, 9.17) is 4.74 Å². The number of carbonyl (C=O) groups excluding carboxylic acids is 1. The lowest BCUT2D eigenvalue weighted by atomic mass is 9.85. The summed E-state index contributed by atoms with van der Waals surface area (Å²) in [5.74, 6) is 0.608. The highest BCUT2D eigenvalue weighted by atomic mass is 16.5. The van der Waals surface area contributed by atoms with Crippen LogP contribution in [-0.4, -0.2) is 29.1 Å². The highest BCUT2D eigenvalue weighted by Crippen LogP contribution is 2.31.